The molecular formula is C12H18N2O4. The first kappa shape index (κ1) is 14.2. The van der Waals surface area contributed by atoms with E-state index in [1.807, 2.05) is 6.92 Å². The average Bonchev–Trinajstić information content (AvgIpc) is 2.86. The van der Waals surface area contributed by atoms with Crippen molar-refractivity contribution in [1.82, 2.24) is 10.6 Å². The van der Waals surface area contributed by atoms with Crippen molar-refractivity contribution in [1.29, 1.82) is 0 Å². The van der Waals surface area contributed by atoms with Gasteiger partial charge in [-0.2, -0.15) is 0 Å². The number of rotatable bonds is 5. The minimum absolute atomic E-state index is 0.110. The third-order valence-corrected chi connectivity index (χ3v) is 2.58. The summed E-state index contributed by atoms with van der Waals surface area (Å²) in [5.74, 6) is 0.0919. The molecule has 0 spiro atoms. The van der Waals surface area contributed by atoms with Crippen LogP contribution in [0.3, 0.4) is 0 Å². The van der Waals surface area contributed by atoms with Gasteiger partial charge in [0.15, 0.2) is 0 Å². The molecule has 18 heavy (non-hydrogen) atoms. The Hall–Kier alpha value is -1.82. The molecule has 0 aliphatic rings. The maximum atomic E-state index is 11.4. The zero-order chi connectivity index (χ0) is 13.7. The van der Waals surface area contributed by atoms with Crippen molar-refractivity contribution >= 4 is 11.9 Å². The van der Waals surface area contributed by atoms with E-state index in [-0.39, 0.29) is 23.8 Å². The lowest BCUT2D eigenvalue weighted by Gasteiger charge is -2.16. The summed E-state index contributed by atoms with van der Waals surface area (Å²) in [7, 11) is 2.87. The minimum atomic E-state index is -0.521. The van der Waals surface area contributed by atoms with E-state index in [2.05, 4.69) is 15.4 Å². The van der Waals surface area contributed by atoms with Crippen LogP contribution in [-0.4, -0.2) is 32.1 Å². The highest BCUT2D eigenvalue weighted by molar-refractivity contribution is 5.86. The molecule has 0 bridgehead atoms. The number of furan rings is 1. The Morgan fingerprint density at radius 2 is 2.00 bits per heavy atom. The van der Waals surface area contributed by atoms with Gasteiger partial charge in [0, 0.05) is 7.05 Å². The van der Waals surface area contributed by atoms with Crippen LogP contribution < -0.4 is 10.6 Å². The summed E-state index contributed by atoms with van der Waals surface area (Å²) in [4.78, 5) is 22.6. The van der Waals surface area contributed by atoms with Crippen molar-refractivity contribution in [2.24, 2.45) is 0 Å². The smallest absolute Gasteiger partial charge is 0.373 e. The Morgan fingerprint density at radius 3 is 2.56 bits per heavy atom. The van der Waals surface area contributed by atoms with Crippen LogP contribution in [0, 0.1) is 0 Å². The van der Waals surface area contributed by atoms with Crippen LogP contribution in [0.5, 0.6) is 0 Å². The molecule has 0 aliphatic heterocycles. The van der Waals surface area contributed by atoms with Crippen LogP contribution in [0.4, 0.5) is 0 Å². The predicted molar refractivity (Wildman–Crippen MR) is 65.1 cm³/mol. The predicted octanol–water partition coefficient (Wildman–Crippen LogP) is 0.851. The zero-order valence-corrected chi connectivity index (χ0v) is 10.9. The summed E-state index contributed by atoms with van der Waals surface area (Å²) < 4.78 is 9.89. The number of methoxy groups -OCH3 is 1. The van der Waals surface area contributed by atoms with Crippen LogP contribution >= 0.6 is 0 Å². The highest BCUT2D eigenvalue weighted by Crippen LogP contribution is 2.17. The topological polar surface area (TPSA) is 80.6 Å². The summed E-state index contributed by atoms with van der Waals surface area (Å²) in [6.45, 7) is 3.60. The second-order valence-corrected chi connectivity index (χ2v) is 3.92. The normalized spacial score (nSPS) is 13.8. The second-order valence-electron chi connectivity index (χ2n) is 3.92. The Balaban J connectivity index is 2.67. The van der Waals surface area contributed by atoms with Crippen LogP contribution in [-0.2, 0) is 9.53 Å². The average molecular weight is 254 g/mol. The Morgan fingerprint density at radius 1 is 1.33 bits per heavy atom. The molecule has 0 aromatic carbocycles. The van der Waals surface area contributed by atoms with E-state index in [4.69, 9.17) is 4.42 Å². The van der Waals surface area contributed by atoms with Gasteiger partial charge in [0.2, 0.25) is 11.7 Å². The quantitative estimate of drug-likeness (QED) is 0.761. The first-order valence-corrected chi connectivity index (χ1v) is 5.65. The number of carbonyl (C=O) groups excluding carboxylic acids is 2. The van der Waals surface area contributed by atoms with Crippen LogP contribution in [0.15, 0.2) is 16.5 Å². The third kappa shape index (κ3) is 3.33. The molecule has 100 valence electrons. The molecule has 6 heteroatoms. The number of esters is 1. The fourth-order valence-electron chi connectivity index (χ4n) is 1.55. The van der Waals surface area contributed by atoms with Gasteiger partial charge in [-0.1, -0.05) is 0 Å². The van der Waals surface area contributed by atoms with Crippen LogP contribution in [0.2, 0.25) is 0 Å². The van der Waals surface area contributed by atoms with E-state index in [9.17, 15) is 9.59 Å². The number of carbonyl (C=O) groups is 2. The molecule has 1 heterocycles. The second kappa shape index (κ2) is 6.20. The number of nitrogens with one attached hydrogen (secondary N) is 2. The van der Waals surface area contributed by atoms with Crippen molar-refractivity contribution in [2.75, 3.05) is 14.2 Å². The molecular weight excluding hydrogens is 236 g/mol. The van der Waals surface area contributed by atoms with Gasteiger partial charge in [-0.3, -0.25) is 10.1 Å². The SMILES string of the molecule is CNC(=O)C(C)NC(C)c1ccc(C(=O)OC)o1. The molecule has 1 aromatic rings. The van der Waals surface area contributed by atoms with Crippen LogP contribution in [0.1, 0.15) is 36.2 Å². The van der Waals surface area contributed by atoms with Crippen molar-refractivity contribution in [3.05, 3.63) is 23.7 Å². The lowest BCUT2D eigenvalue weighted by Crippen LogP contribution is -2.41. The zero-order valence-electron chi connectivity index (χ0n) is 10.9. The van der Waals surface area contributed by atoms with Gasteiger partial charge in [-0.25, -0.2) is 4.79 Å². The Bertz CT molecular complexity index is 427. The van der Waals surface area contributed by atoms with Gasteiger partial charge in [0.05, 0.1) is 19.2 Å². The van der Waals surface area contributed by atoms with Gasteiger partial charge in [-0.15, -0.1) is 0 Å². The third-order valence-electron chi connectivity index (χ3n) is 2.58. The molecule has 1 rings (SSSR count). The molecule has 2 atom stereocenters. The first-order valence-electron chi connectivity index (χ1n) is 5.65. The van der Waals surface area contributed by atoms with Crippen molar-refractivity contribution in [2.45, 2.75) is 25.9 Å². The van der Waals surface area contributed by atoms with Crippen molar-refractivity contribution in [3.63, 3.8) is 0 Å². The Kier molecular flexibility index (Phi) is 4.91. The molecule has 1 aromatic heterocycles. The molecule has 2 N–H and O–H groups in total. The molecule has 0 saturated carbocycles. The van der Waals surface area contributed by atoms with Gasteiger partial charge >= 0.3 is 5.97 Å². The van der Waals surface area contributed by atoms with E-state index < -0.39 is 5.97 Å². The molecule has 0 saturated heterocycles. The molecule has 6 nitrogen and oxygen atoms in total. The maximum absolute atomic E-state index is 11.4. The molecule has 0 fully saturated rings. The van der Waals surface area contributed by atoms with E-state index in [0.717, 1.165) is 0 Å². The molecule has 0 radical (unpaired) electrons. The van der Waals surface area contributed by atoms with Crippen molar-refractivity contribution < 1.29 is 18.7 Å². The summed E-state index contributed by atoms with van der Waals surface area (Å²) in [5.41, 5.74) is 0. The number of hydrogen-bond acceptors (Lipinski definition) is 5. The standard InChI is InChI=1S/C12H18N2O4/c1-7(14-8(2)11(15)13-3)9-5-6-10(18-9)12(16)17-4/h5-8,14H,1-4H3,(H,13,15). The van der Waals surface area contributed by atoms with E-state index in [1.165, 1.54) is 7.11 Å². The maximum Gasteiger partial charge on any atom is 0.373 e. The van der Waals surface area contributed by atoms with Gasteiger partial charge in [-0.05, 0) is 26.0 Å². The van der Waals surface area contributed by atoms with E-state index in [1.54, 1.807) is 26.1 Å². The van der Waals surface area contributed by atoms with Crippen molar-refractivity contribution in [3.8, 4) is 0 Å². The largest absolute Gasteiger partial charge is 0.463 e. The lowest BCUT2D eigenvalue weighted by molar-refractivity contribution is -0.122. The summed E-state index contributed by atoms with van der Waals surface area (Å²) in [6, 6.07) is 2.69. The van der Waals surface area contributed by atoms with Gasteiger partial charge < -0.3 is 14.5 Å². The summed E-state index contributed by atoms with van der Waals surface area (Å²) in [6.07, 6.45) is 0. The molecule has 0 aliphatic carbocycles. The molecule has 2 unspecified atom stereocenters. The van der Waals surface area contributed by atoms with E-state index >= 15 is 0 Å². The first-order chi connectivity index (χ1) is 8.49. The number of ether oxygens (including phenoxy) is 1. The highest BCUT2D eigenvalue weighted by atomic mass is 16.5. The summed E-state index contributed by atoms with van der Waals surface area (Å²) in [5, 5.41) is 5.61. The minimum Gasteiger partial charge on any atom is -0.463 e. The number of likely N-dealkylation sites (N-methyl/N-ethyl adjacent to an activating group) is 1. The monoisotopic (exact) mass is 254 g/mol. The van der Waals surface area contributed by atoms with Gasteiger partial charge in [0.25, 0.3) is 0 Å². The molecule has 1 amide bonds. The number of hydrogen-bond donors (Lipinski definition) is 2. The number of amides is 1. The summed E-state index contributed by atoms with van der Waals surface area (Å²) >= 11 is 0. The van der Waals surface area contributed by atoms with Gasteiger partial charge in [0.1, 0.15) is 5.76 Å². The fraction of sp³-hybridized carbons (Fsp3) is 0.500. The lowest BCUT2D eigenvalue weighted by atomic mass is 10.2. The van der Waals surface area contributed by atoms with E-state index in [0.29, 0.717) is 5.76 Å². The fourth-order valence-corrected chi connectivity index (χ4v) is 1.55. The Labute approximate surface area is 106 Å². The van der Waals surface area contributed by atoms with Crippen LogP contribution in [0.25, 0.3) is 0 Å². The highest BCUT2D eigenvalue weighted by Gasteiger charge is 2.19.